The van der Waals surface area contributed by atoms with Gasteiger partial charge in [-0.3, -0.25) is 14.6 Å². The smallest absolute Gasteiger partial charge is 0.305 e. The fourth-order valence-electron chi connectivity index (χ4n) is 2.87. The lowest BCUT2D eigenvalue weighted by Crippen LogP contribution is -2.05. The molecule has 0 aliphatic rings. The normalized spacial score (nSPS) is 10.8. The van der Waals surface area contributed by atoms with Crippen LogP contribution in [0.25, 0.3) is 16.6 Å². The van der Waals surface area contributed by atoms with Crippen molar-refractivity contribution in [2.45, 2.75) is 26.2 Å². The van der Waals surface area contributed by atoms with Crippen molar-refractivity contribution in [3.8, 4) is 5.69 Å². The zero-order valence-corrected chi connectivity index (χ0v) is 14.1. The SMILES string of the molecule is CCOC(=O)CCCC(=O)c1cn(-c2cccnc2)c2ccccc12. The van der Waals surface area contributed by atoms with Crippen LogP contribution in [-0.2, 0) is 9.53 Å². The molecule has 2 aromatic heterocycles. The number of nitrogens with zero attached hydrogens (tertiary/aromatic N) is 2. The summed E-state index contributed by atoms with van der Waals surface area (Å²) in [6.07, 6.45) is 6.41. The highest BCUT2D eigenvalue weighted by atomic mass is 16.5. The number of aromatic nitrogens is 2. The Balaban J connectivity index is 1.84. The van der Waals surface area contributed by atoms with Crippen molar-refractivity contribution in [1.29, 1.82) is 0 Å². The van der Waals surface area contributed by atoms with E-state index in [0.717, 1.165) is 16.6 Å². The first-order chi connectivity index (χ1) is 12.2. The maximum absolute atomic E-state index is 12.7. The zero-order valence-electron chi connectivity index (χ0n) is 14.1. The second kappa shape index (κ2) is 7.75. The Hall–Kier alpha value is -2.95. The van der Waals surface area contributed by atoms with Gasteiger partial charge in [-0.25, -0.2) is 0 Å². The van der Waals surface area contributed by atoms with Crippen molar-refractivity contribution in [2.75, 3.05) is 6.61 Å². The standard InChI is InChI=1S/C20H20N2O3/c1-2-25-20(24)11-5-10-19(23)17-14-22(15-7-6-12-21-13-15)18-9-4-3-8-16(17)18/h3-4,6-9,12-14H,2,5,10-11H2,1H3. The number of Topliss-reactive ketones (excluding diaryl/α,β-unsaturated/α-hetero) is 1. The number of esters is 1. The van der Waals surface area contributed by atoms with Gasteiger partial charge in [0.25, 0.3) is 0 Å². The summed E-state index contributed by atoms with van der Waals surface area (Å²) in [7, 11) is 0. The number of ketones is 1. The van der Waals surface area contributed by atoms with Gasteiger partial charge in [-0.2, -0.15) is 0 Å². The molecule has 0 bridgehead atoms. The minimum absolute atomic E-state index is 0.0307. The van der Waals surface area contributed by atoms with Crippen LogP contribution in [0.5, 0.6) is 0 Å². The number of benzene rings is 1. The van der Waals surface area contributed by atoms with E-state index in [1.807, 2.05) is 47.2 Å². The number of hydrogen-bond donors (Lipinski definition) is 0. The Morgan fingerprint density at radius 2 is 1.96 bits per heavy atom. The van der Waals surface area contributed by atoms with Gasteiger partial charge in [0.15, 0.2) is 5.78 Å². The topological polar surface area (TPSA) is 61.2 Å². The number of carbonyl (C=O) groups excluding carboxylic acids is 2. The van der Waals surface area contributed by atoms with Crippen molar-refractivity contribution in [3.05, 3.63) is 60.6 Å². The average Bonchev–Trinajstić information content (AvgIpc) is 3.02. The third-order valence-electron chi connectivity index (χ3n) is 4.03. The quantitative estimate of drug-likeness (QED) is 0.484. The van der Waals surface area contributed by atoms with Gasteiger partial charge in [0.05, 0.1) is 24.0 Å². The van der Waals surface area contributed by atoms with Crippen LogP contribution in [0.2, 0.25) is 0 Å². The molecular formula is C20H20N2O3. The highest BCUT2D eigenvalue weighted by Crippen LogP contribution is 2.26. The second-order valence-electron chi connectivity index (χ2n) is 5.72. The molecule has 0 spiro atoms. The molecule has 0 radical (unpaired) electrons. The molecule has 128 valence electrons. The Morgan fingerprint density at radius 1 is 1.12 bits per heavy atom. The highest BCUT2D eigenvalue weighted by Gasteiger charge is 2.16. The summed E-state index contributed by atoms with van der Waals surface area (Å²) >= 11 is 0. The molecule has 0 fully saturated rings. The van der Waals surface area contributed by atoms with Crippen molar-refractivity contribution < 1.29 is 14.3 Å². The molecule has 0 saturated heterocycles. The molecule has 0 aliphatic carbocycles. The van der Waals surface area contributed by atoms with E-state index in [1.165, 1.54) is 0 Å². The van der Waals surface area contributed by atoms with Crippen molar-refractivity contribution in [1.82, 2.24) is 9.55 Å². The van der Waals surface area contributed by atoms with E-state index in [-0.39, 0.29) is 18.2 Å². The van der Waals surface area contributed by atoms with Gasteiger partial charge in [-0.1, -0.05) is 18.2 Å². The lowest BCUT2D eigenvalue weighted by molar-refractivity contribution is -0.143. The number of pyridine rings is 1. The first-order valence-corrected chi connectivity index (χ1v) is 8.40. The Morgan fingerprint density at radius 3 is 2.72 bits per heavy atom. The molecular weight excluding hydrogens is 316 g/mol. The summed E-state index contributed by atoms with van der Waals surface area (Å²) < 4.78 is 6.87. The van der Waals surface area contributed by atoms with Gasteiger partial charge >= 0.3 is 5.97 Å². The largest absolute Gasteiger partial charge is 0.466 e. The van der Waals surface area contributed by atoms with Crippen molar-refractivity contribution in [3.63, 3.8) is 0 Å². The van der Waals surface area contributed by atoms with Crippen LogP contribution in [0.1, 0.15) is 36.5 Å². The van der Waals surface area contributed by atoms with Crippen LogP contribution in [-0.4, -0.2) is 27.9 Å². The fourth-order valence-corrected chi connectivity index (χ4v) is 2.87. The maximum Gasteiger partial charge on any atom is 0.305 e. The predicted octanol–water partition coefficient (Wildman–Crippen LogP) is 3.94. The van der Waals surface area contributed by atoms with E-state index in [0.29, 0.717) is 25.0 Å². The molecule has 3 aromatic rings. The van der Waals surface area contributed by atoms with Gasteiger partial charge in [0, 0.05) is 36.2 Å². The lowest BCUT2D eigenvalue weighted by atomic mass is 10.0. The van der Waals surface area contributed by atoms with Gasteiger partial charge in [-0.05, 0) is 31.5 Å². The zero-order chi connectivity index (χ0) is 17.6. The monoisotopic (exact) mass is 336 g/mol. The van der Waals surface area contributed by atoms with E-state index in [1.54, 1.807) is 19.3 Å². The summed E-state index contributed by atoms with van der Waals surface area (Å²) in [4.78, 5) is 28.2. The van der Waals surface area contributed by atoms with Crippen LogP contribution >= 0.6 is 0 Å². The third-order valence-corrected chi connectivity index (χ3v) is 4.03. The van der Waals surface area contributed by atoms with E-state index in [9.17, 15) is 9.59 Å². The van der Waals surface area contributed by atoms with E-state index in [2.05, 4.69) is 4.98 Å². The fraction of sp³-hybridized carbons (Fsp3) is 0.250. The Kier molecular flexibility index (Phi) is 5.23. The van der Waals surface area contributed by atoms with Gasteiger partial charge in [-0.15, -0.1) is 0 Å². The number of carbonyl (C=O) groups is 2. The molecule has 3 rings (SSSR count). The lowest BCUT2D eigenvalue weighted by Gasteiger charge is -2.03. The molecule has 0 unspecified atom stereocenters. The Bertz CT molecular complexity index is 884. The van der Waals surface area contributed by atoms with E-state index in [4.69, 9.17) is 4.74 Å². The highest BCUT2D eigenvalue weighted by molar-refractivity contribution is 6.08. The molecule has 5 heteroatoms. The molecule has 0 aliphatic heterocycles. The van der Waals surface area contributed by atoms with Crippen LogP contribution in [0.3, 0.4) is 0 Å². The van der Waals surface area contributed by atoms with Crippen molar-refractivity contribution in [2.24, 2.45) is 0 Å². The molecule has 5 nitrogen and oxygen atoms in total. The minimum Gasteiger partial charge on any atom is -0.466 e. The summed E-state index contributed by atoms with van der Waals surface area (Å²) in [5.41, 5.74) is 2.54. The molecule has 2 heterocycles. The summed E-state index contributed by atoms with van der Waals surface area (Å²) in [6, 6.07) is 11.6. The van der Waals surface area contributed by atoms with Gasteiger partial charge in [0.1, 0.15) is 0 Å². The number of ether oxygens (including phenoxy) is 1. The molecule has 0 N–H and O–H groups in total. The summed E-state index contributed by atoms with van der Waals surface area (Å²) in [6.45, 7) is 2.14. The van der Waals surface area contributed by atoms with Crippen LogP contribution < -0.4 is 0 Å². The predicted molar refractivity (Wildman–Crippen MR) is 95.9 cm³/mol. The summed E-state index contributed by atoms with van der Waals surface area (Å²) in [5.74, 6) is -0.226. The second-order valence-corrected chi connectivity index (χ2v) is 5.72. The van der Waals surface area contributed by atoms with E-state index < -0.39 is 0 Å². The van der Waals surface area contributed by atoms with Crippen LogP contribution in [0, 0.1) is 0 Å². The minimum atomic E-state index is -0.256. The molecule has 0 atom stereocenters. The molecule has 25 heavy (non-hydrogen) atoms. The van der Waals surface area contributed by atoms with Crippen LogP contribution in [0.15, 0.2) is 55.0 Å². The molecule has 0 amide bonds. The number of para-hydroxylation sites is 1. The maximum atomic E-state index is 12.7. The number of fused-ring (bicyclic) bond motifs is 1. The Labute approximate surface area is 146 Å². The molecule has 1 aromatic carbocycles. The first kappa shape index (κ1) is 16.9. The van der Waals surface area contributed by atoms with Gasteiger partial charge < -0.3 is 9.30 Å². The summed E-state index contributed by atoms with van der Waals surface area (Å²) in [5, 5.41) is 0.910. The number of rotatable bonds is 7. The van der Waals surface area contributed by atoms with Gasteiger partial charge in [0.2, 0.25) is 0 Å². The average molecular weight is 336 g/mol. The number of hydrogen-bond acceptors (Lipinski definition) is 4. The van der Waals surface area contributed by atoms with Crippen LogP contribution in [0.4, 0.5) is 0 Å². The van der Waals surface area contributed by atoms with E-state index >= 15 is 0 Å². The first-order valence-electron chi connectivity index (χ1n) is 8.40. The van der Waals surface area contributed by atoms with Crippen molar-refractivity contribution >= 4 is 22.7 Å². The molecule has 0 saturated carbocycles. The third kappa shape index (κ3) is 3.76.